The van der Waals surface area contributed by atoms with Gasteiger partial charge in [0.15, 0.2) is 0 Å². The molecule has 3 heterocycles. The molecule has 0 aliphatic rings. The van der Waals surface area contributed by atoms with Crippen LogP contribution in [0.5, 0.6) is 0 Å². The van der Waals surface area contributed by atoms with Crippen LogP contribution in [-0.4, -0.2) is 15.0 Å². The van der Waals surface area contributed by atoms with Crippen LogP contribution in [0.25, 0.3) is 11.3 Å². The van der Waals surface area contributed by atoms with Crippen molar-refractivity contribution < 1.29 is 13.2 Å². The molecule has 4 aromatic rings. The van der Waals surface area contributed by atoms with Crippen molar-refractivity contribution in [3.05, 3.63) is 53.0 Å². The Morgan fingerprint density at radius 2 is 1.48 bits per heavy atom. The molecule has 0 spiro atoms. The summed E-state index contributed by atoms with van der Waals surface area (Å²) in [5.74, 6) is 0. The molecule has 0 fully saturated rings. The second-order valence-electron chi connectivity index (χ2n) is 4.93. The molecule has 0 amide bonds. The van der Waals surface area contributed by atoms with Crippen LogP contribution in [0.1, 0.15) is 4.88 Å². The number of hydrogen-bond donors (Lipinski definition) is 4. The van der Waals surface area contributed by atoms with Gasteiger partial charge in [0.1, 0.15) is 22.9 Å². The molecule has 0 saturated carbocycles. The average molecular weight is 511 g/mol. The summed E-state index contributed by atoms with van der Waals surface area (Å²) in [6, 6.07) is 10.1. The lowest BCUT2D eigenvalue weighted by Gasteiger charge is -1.98. The number of benzene rings is 1. The maximum absolute atomic E-state index is 11.7. The minimum atomic E-state index is -4.28. The minimum Gasteiger partial charge on any atom is -0.389 e. The van der Waals surface area contributed by atoms with Gasteiger partial charge in [-0.1, -0.05) is 41.7 Å². The van der Waals surface area contributed by atoms with Crippen molar-refractivity contribution in [2.24, 2.45) is 0 Å². The van der Waals surface area contributed by atoms with Gasteiger partial charge in [0.25, 0.3) is 0 Å². The van der Waals surface area contributed by atoms with E-state index in [-0.39, 0.29) is 4.34 Å². The molecule has 3 aromatic heterocycles. The monoisotopic (exact) mass is 510 g/mol. The molecule has 4 nitrogen and oxygen atoms in total. The minimum absolute atomic E-state index is 0.132. The predicted molar refractivity (Wildman–Crippen MR) is 123 cm³/mol. The standard InChI is InChI=1S/C9H7NS2.C4H2F3NS2.C3H4N2S2/c11-9-10-8(6-12-9)7-4-2-1-3-5-7;5-4(6,7)2-1-8-3(9)10-2;4-2-1-5-3(6)7-2/h1-6H,(H,10,11);1H,(H,8,9);1H,4H2,(H,5,6). The van der Waals surface area contributed by atoms with E-state index in [2.05, 4.69) is 52.8 Å². The van der Waals surface area contributed by atoms with E-state index in [0.29, 0.717) is 16.3 Å². The first-order chi connectivity index (χ1) is 13.6. The van der Waals surface area contributed by atoms with E-state index in [0.717, 1.165) is 26.1 Å². The molecule has 0 aliphatic carbocycles. The first-order valence-electron chi connectivity index (χ1n) is 7.47. The molecule has 0 atom stereocenters. The van der Waals surface area contributed by atoms with Crippen LogP contribution in [-0.2, 0) is 6.18 Å². The quantitative estimate of drug-likeness (QED) is 0.219. The second-order valence-corrected chi connectivity index (χ2v) is 10.1. The Kier molecular flexibility index (Phi) is 9.30. The average Bonchev–Trinajstić information content (AvgIpc) is 3.38. The second kappa shape index (κ2) is 11.2. The number of hydrogen-bond acceptors (Lipinski definition) is 10. The molecule has 0 unspecified atom stereocenters. The summed E-state index contributed by atoms with van der Waals surface area (Å²) >= 11 is 15.2. The summed E-state index contributed by atoms with van der Waals surface area (Å²) < 4.78 is 36.9. The largest absolute Gasteiger partial charge is 0.427 e. The highest BCUT2D eigenvalue weighted by molar-refractivity contribution is 7.83. The number of alkyl halides is 3. The molecular formula is C16H13F3N4S6. The van der Waals surface area contributed by atoms with Crippen LogP contribution in [0.4, 0.5) is 18.2 Å². The van der Waals surface area contributed by atoms with Crippen LogP contribution >= 0.6 is 71.9 Å². The summed E-state index contributed by atoms with van der Waals surface area (Å²) in [4.78, 5) is 10.7. The molecular weight excluding hydrogens is 498 g/mol. The van der Waals surface area contributed by atoms with E-state index >= 15 is 0 Å². The van der Waals surface area contributed by atoms with Crippen LogP contribution in [0.3, 0.4) is 0 Å². The number of rotatable bonds is 1. The van der Waals surface area contributed by atoms with Crippen molar-refractivity contribution in [3.8, 4) is 11.3 Å². The van der Waals surface area contributed by atoms with E-state index in [1.165, 1.54) is 11.3 Å². The van der Waals surface area contributed by atoms with E-state index in [1.807, 2.05) is 35.7 Å². The van der Waals surface area contributed by atoms with Gasteiger partial charge in [0, 0.05) is 10.9 Å². The van der Waals surface area contributed by atoms with Gasteiger partial charge in [0.2, 0.25) is 0 Å². The summed E-state index contributed by atoms with van der Waals surface area (Å²) in [5.41, 5.74) is 7.44. The molecule has 0 saturated heterocycles. The van der Waals surface area contributed by atoms with Gasteiger partial charge in [-0.2, -0.15) is 13.2 Å². The maximum Gasteiger partial charge on any atom is 0.427 e. The van der Waals surface area contributed by atoms with Gasteiger partial charge < -0.3 is 5.73 Å². The third-order valence-electron chi connectivity index (χ3n) is 2.85. The first-order valence-corrected chi connectivity index (χ1v) is 11.3. The van der Waals surface area contributed by atoms with E-state index in [9.17, 15) is 13.2 Å². The zero-order valence-corrected chi connectivity index (χ0v) is 19.4. The lowest BCUT2D eigenvalue weighted by molar-refractivity contribution is -0.134. The third kappa shape index (κ3) is 8.56. The zero-order chi connectivity index (χ0) is 21.4. The van der Waals surface area contributed by atoms with Gasteiger partial charge in [0.05, 0.1) is 18.1 Å². The molecule has 2 N–H and O–H groups in total. The van der Waals surface area contributed by atoms with Crippen LogP contribution in [0.15, 0.2) is 61.1 Å². The van der Waals surface area contributed by atoms with Gasteiger partial charge in [-0.15, -0.1) is 60.6 Å². The Hall–Kier alpha value is -1.25. The molecule has 1 aromatic carbocycles. The van der Waals surface area contributed by atoms with Crippen molar-refractivity contribution in [3.63, 3.8) is 0 Å². The number of nitrogen functional groups attached to an aromatic ring is 1. The highest BCUT2D eigenvalue weighted by atomic mass is 32.2. The SMILES string of the molecule is FC(F)(F)c1cnc(S)s1.Nc1cnc(S)s1.Sc1nc(-c2ccccc2)cs1. The molecule has 0 radical (unpaired) electrons. The lowest BCUT2D eigenvalue weighted by Crippen LogP contribution is -2.00. The number of halogens is 3. The van der Waals surface area contributed by atoms with E-state index in [4.69, 9.17) is 5.73 Å². The Balaban J connectivity index is 0.000000161. The molecule has 154 valence electrons. The number of aromatic nitrogens is 3. The molecule has 13 heteroatoms. The Labute approximate surface area is 193 Å². The Morgan fingerprint density at radius 3 is 1.83 bits per heavy atom. The van der Waals surface area contributed by atoms with Crippen molar-refractivity contribution in [2.75, 3.05) is 5.73 Å². The fraction of sp³-hybridized carbons (Fsp3) is 0.0625. The fourth-order valence-corrected chi connectivity index (χ4v) is 4.17. The zero-order valence-electron chi connectivity index (χ0n) is 14.2. The van der Waals surface area contributed by atoms with E-state index in [1.54, 1.807) is 17.5 Å². The van der Waals surface area contributed by atoms with Gasteiger partial charge in [-0.3, -0.25) is 0 Å². The van der Waals surface area contributed by atoms with Crippen molar-refractivity contribution in [1.29, 1.82) is 0 Å². The Morgan fingerprint density at radius 1 is 0.862 bits per heavy atom. The smallest absolute Gasteiger partial charge is 0.389 e. The molecule has 0 bridgehead atoms. The van der Waals surface area contributed by atoms with Crippen LogP contribution in [0.2, 0.25) is 0 Å². The summed E-state index contributed by atoms with van der Waals surface area (Å²) in [5, 5.41) is 2.72. The number of thiazole rings is 3. The summed E-state index contributed by atoms with van der Waals surface area (Å²) in [7, 11) is 0. The fourth-order valence-electron chi connectivity index (χ4n) is 1.68. The topological polar surface area (TPSA) is 64.7 Å². The highest BCUT2D eigenvalue weighted by Crippen LogP contribution is 2.34. The molecule has 0 aliphatic heterocycles. The number of nitrogens with zero attached hydrogens (tertiary/aromatic N) is 3. The number of anilines is 1. The van der Waals surface area contributed by atoms with Crippen LogP contribution < -0.4 is 5.73 Å². The van der Waals surface area contributed by atoms with E-state index < -0.39 is 11.1 Å². The first kappa shape index (κ1) is 24.0. The lowest BCUT2D eigenvalue weighted by atomic mass is 10.2. The van der Waals surface area contributed by atoms with Gasteiger partial charge in [-0.25, -0.2) is 15.0 Å². The Bertz CT molecular complexity index is 997. The normalized spacial score (nSPS) is 10.6. The van der Waals surface area contributed by atoms with Gasteiger partial charge in [-0.05, 0) is 0 Å². The predicted octanol–water partition coefficient (Wildman–Crippen LogP) is 6.56. The summed E-state index contributed by atoms with van der Waals surface area (Å²) in [6.45, 7) is 0. The van der Waals surface area contributed by atoms with Crippen molar-refractivity contribution in [2.45, 2.75) is 19.2 Å². The summed E-state index contributed by atoms with van der Waals surface area (Å²) in [6.07, 6.45) is -1.92. The van der Waals surface area contributed by atoms with Crippen molar-refractivity contribution >= 4 is 76.9 Å². The highest BCUT2D eigenvalue weighted by Gasteiger charge is 2.32. The maximum atomic E-state index is 11.7. The number of nitrogens with two attached hydrogens (primary N) is 1. The van der Waals surface area contributed by atoms with Crippen LogP contribution in [0, 0.1) is 0 Å². The molecule has 4 rings (SSSR count). The number of thiol groups is 3. The van der Waals surface area contributed by atoms with Crippen molar-refractivity contribution in [1.82, 2.24) is 15.0 Å². The van der Waals surface area contributed by atoms with Gasteiger partial charge >= 0.3 is 6.18 Å². The molecule has 29 heavy (non-hydrogen) atoms. The third-order valence-corrected chi connectivity index (χ3v) is 6.16.